The van der Waals surface area contributed by atoms with E-state index >= 15 is 0 Å². The van der Waals surface area contributed by atoms with Gasteiger partial charge in [0.15, 0.2) is 11.6 Å². The van der Waals surface area contributed by atoms with E-state index in [0.717, 1.165) is 49.7 Å². The van der Waals surface area contributed by atoms with E-state index in [1.807, 2.05) is 12.2 Å². The Morgan fingerprint density at radius 3 is 1.39 bits per heavy atom. The van der Waals surface area contributed by atoms with Crippen molar-refractivity contribution in [1.82, 2.24) is 0 Å². The molecule has 0 aromatic heterocycles. The van der Waals surface area contributed by atoms with Crippen molar-refractivity contribution in [3.63, 3.8) is 0 Å². The zero-order chi connectivity index (χ0) is 26.9. The van der Waals surface area contributed by atoms with E-state index in [1.54, 1.807) is 0 Å². The summed E-state index contributed by atoms with van der Waals surface area (Å²) < 4.78 is 9.99. The Bertz CT molecular complexity index is 907. The molecule has 6 heteroatoms. The van der Waals surface area contributed by atoms with Gasteiger partial charge in [-0.15, -0.1) is 0 Å². The molecule has 0 amide bonds. The predicted molar refractivity (Wildman–Crippen MR) is 140 cm³/mol. The van der Waals surface area contributed by atoms with Crippen molar-refractivity contribution in [2.24, 2.45) is 10.8 Å². The number of esters is 2. The normalized spacial score (nSPS) is 19.6. The van der Waals surface area contributed by atoms with Crippen LogP contribution in [0.3, 0.4) is 0 Å². The SMILES string of the molecule is CC1=C(C=CC(=O)CC(=O)OCCOC(=O)CC(=O)C=CC2=C(C)CCCC2(C)C)C(C)(C)CCC1. The number of allylic oxidation sites excluding steroid dienone is 8. The van der Waals surface area contributed by atoms with Gasteiger partial charge in [-0.1, -0.05) is 51.0 Å². The van der Waals surface area contributed by atoms with Gasteiger partial charge in [0, 0.05) is 0 Å². The minimum atomic E-state index is -0.674. The van der Waals surface area contributed by atoms with Gasteiger partial charge >= 0.3 is 11.9 Å². The highest BCUT2D eigenvalue weighted by atomic mass is 16.6. The first-order chi connectivity index (χ1) is 16.8. The van der Waals surface area contributed by atoms with Crippen LogP contribution in [0.1, 0.15) is 92.9 Å². The van der Waals surface area contributed by atoms with Crippen LogP contribution in [-0.2, 0) is 28.7 Å². The Labute approximate surface area is 215 Å². The van der Waals surface area contributed by atoms with E-state index in [4.69, 9.17) is 9.47 Å². The molecular formula is C30H42O6. The number of carbonyl (C=O) groups excluding carboxylic acids is 4. The van der Waals surface area contributed by atoms with E-state index in [0.29, 0.717) is 0 Å². The second-order valence-corrected chi connectivity index (χ2v) is 11.3. The molecule has 0 aromatic rings. The maximum absolute atomic E-state index is 12.2. The van der Waals surface area contributed by atoms with Crippen molar-refractivity contribution in [3.8, 4) is 0 Å². The van der Waals surface area contributed by atoms with Crippen molar-refractivity contribution >= 4 is 23.5 Å². The largest absolute Gasteiger partial charge is 0.462 e. The van der Waals surface area contributed by atoms with Gasteiger partial charge in [-0.25, -0.2) is 0 Å². The van der Waals surface area contributed by atoms with E-state index in [-0.39, 0.29) is 48.5 Å². The fourth-order valence-corrected chi connectivity index (χ4v) is 5.19. The molecule has 6 nitrogen and oxygen atoms in total. The van der Waals surface area contributed by atoms with E-state index in [1.165, 1.54) is 23.3 Å². The quantitative estimate of drug-likeness (QED) is 0.147. The maximum Gasteiger partial charge on any atom is 0.313 e. The fraction of sp³-hybridized carbons (Fsp3) is 0.600. The molecule has 0 bridgehead atoms. The van der Waals surface area contributed by atoms with Crippen LogP contribution in [0.25, 0.3) is 0 Å². The summed E-state index contributed by atoms with van der Waals surface area (Å²) in [7, 11) is 0. The number of rotatable bonds is 11. The lowest BCUT2D eigenvalue weighted by Crippen LogP contribution is -2.20. The lowest BCUT2D eigenvalue weighted by Gasteiger charge is -2.32. The first-order valence-corrected chi connectivity index (χ1v) is 13.0. The van der Waals surface area contributed by atoms with Gasteiger partial charge in [0.1, 0.15) is 26.1 Å². The molecule has 36 heavy (non-hydrogen) atoms. The van der Waals surface area contributed by atoms with Gasteiger partial charge in [0.2, 0.25) is 0 Å². The molecule has 0 aliphatic heterocycles. The maximum atomic E-state index is 12.2. The van der Waals surface area contributed by atoms with Crippen LogP contribution < -0.4 is 0 Å². The smallest absolute Gasteiger partial charge is 0.313 e. The summed E-state index contributed by atoms with van der Waals surface area (Å²) in [5.41, 5.74) is 4.90. The van der Waals surface area contributed by atoms with E-state index in [2.05, 4.69) is 41.5 Å². The molecule has 2 aliphatic carbocycles. The summed E-state index contributed by atoms with van der Waals surface area (Å²) in [6.45, 7) is 12.5. The third-order valence-electron chi connectivity index (χ3n) is 7.20. The summed E-state index contributed by atoms with van der Waals surface area (Å²) in [5, 5.41) is 0. The number of carbonyl (C=O) groups is 4. The van der Waals surface area contributed by atoms with Gasteiger partial charge in [-0.05, 0) is 86.5 Å². The highest BCUT2D eigenvalue weighted by Gasteiger charge is 2.27. The fourth-order valence-electron chi connectivity index (χ4n) is 5.19. The highest BCUT2D eigenvalue weighted by Crippen LogP contribution is 2.41. The standard InChI is InChI=1S/C30H42O6/c1-21-9-7-15-29(3,4)25(21)13-11-23(31)19-27(33)35-17-18-36-28(34)20-24(32)12-14-26-22(2)10-8-16-30(26,5)6/h11-14H,7-10,15-20H2,1-6H3. The van der Waals surface area contributed by atoms with Crippen molar-refractivity contribution in [1.29, 1.82) is 0 Å². The van der Waals surface area contributed by atoms with Crippen LogP contribution in [0.5, 0.6) is 0 Å². The number of hydrogen-bond acceptors (Lipinski definition) is 6. The average molecular weight is 499 g/mol. The van der Waals surface area contributed by atoms with Crippen LogP contribution in [0.15, 0.2) is 46.6 Å². The molecular weight excluding hydrogens is 456 g/mol. The molecule has 2 aliphatic rings. The molecule has 198 valence electrons. The predicted octanol–water partition coefficient (Wildman–Crippen LogP) is 6.16. The first kappa shape index (κ1) is 29.5. The Kier molecular flexibility index (Phi) is 10.6. The molecule has 0 fully saturated rings. The van der Waals surface area contributed by atoms with Crippen molar-refractivity contribution in [3.05, 3.63) is 46.6 Å². The van der Waals surface area contributed by atoms with Gasteiger partial charge in [-0.3, -0.25) is 19.2 Å². The Morgan fingerprint density at radius 1 is 0.694 bits per heavy atom. The summed E-state index contributed by atoms with van der Waals surface area (Å²) in [6, 6.07) is 0. The molecule has 0 aromatic carbocycles. The van der Waals surface area contributed by atoms with Crippen molar-refractivity contribution in [2.45, 2.75) is 92.9 Å². The van der Waals surface area contributed by atoms with Crippen molar-refractivity contribution in [2.75, 3.05) is 13.2 Å². The number of ketones is 2. The molecule has 0 heterocycles. The molecule has 0 spiro atoms. The molecule has 0 atom stereocenters. The number of ether oxygens (including phenoxy) is 2. The van der Waals surface area contributed by atoms with Crippen LogP contribution in [0.2, 0.25) is 0 Å². The zero-order valence-corrected chi connectivity index (χ0v) is 22.8. The minimum absolute atomic E-state index is 0.0172. The second kappa shape index (κ2) is 13.0. The Morgan fingerprint density at radius 2 is 1.06 bits per heavy atom. The van der Waals surface area contributed by atoms with Crippen LogP contribution in [0, 0.1) is 10.8 Å². The van der Waals surface area contributed by atoms with Crippen LogP contribution in [-0.4, -0.2) is 36.7 Å². The van der Waals surface area contributed by atoms with Crippen molar-refractivity contribution < 1.29 is 28.7 Å². The molecule has 0 saturated carbocycles. The van der Waals surface area contributed by atoms with Crippen LogP contribution in [0.4, 0.5) is 0 Å². The zero-order valence-electron chi connectivity index (χ0n) is 22.8. The molecule has 0 radical (unpaired) electrons. The molecule has 0 saturated heterocycles. The van der Waals surface area contributed by atoms with Gasteiger partial charge in [-0.2, -0.15) is 0 Å². The summed E-state index contributed by atoms with van der Waals surface area (Å²) in [5.74, 6) is -2.01. The Hall–Kier alpha value is -2.76. The summed E-state index contributed by atoms with van der Waals surface area (Å²) >= 11 is 0. The lowest BCUT2D eigenvalue weighted by molar-refractivity contribution is -0.153. The summed E-state index contributed by atoms with van der Waals surface area (Å²) in [6.07, 6.45) is 12.3. The van der Waals surface area contributed by atoms with Gasteiger partial charge in [0.25, 0.3) is 0 Å². The third-order valence-corrected chi connectivity index (χ3v) is 7.20. The molecule has 0 unspecified atom stereocenters. The monoisotopic (exact) mass is 498 g/mol. The van der Waals surface area contributed by atoms with Gasteiger partial charge in [0.05, 0.1) is 0 Å². The van der Waals surface area contributed by atoms with Crippen LogP contribution >= 0.6 is 0 Å². The molecule has 2 rings (SSSR count). The minimum Gasteiger partial charge on any atom is -0.462 e. The molecule has 0 N–H and O–H groups in total. The second-order valence-electron chi connectivity index (χ2n) is 11.3. The lowest BCUT2D eigenvalue weighted by atomic mass is 9.72. The topological polar surface area (TPSA) is 86.7 Å². The van der Waals surface area contributed by atoms with E-state index < -0.39 is 11.9 Å². The van der Waals surface area contributed by atoms with Gasteiger partial charge < -0.3 is 9.47 Å². The average Bonchev–Trinajstić information content (AvgIpc) is 2.75. The first-order valence-electron chi connectivity index (χ1n) is 13.0. The van der Waals surface area contributed by atoms with E-state index in [9.17, 15) is 19.2 Å². The highest BCUT2D eigenvalue weighted by molar-refractivity contribution is 6.02. The Balaban J connectivity index is 1.69. The third kappa shape index (κ3) is 9.03. The summed E-state index contributed by atoms with van der Waals surface area (Å²) in [4.78, 5) is 48.2. The number of hydrogen-bond donors (Lipinski definition) is 0.